The van der Waals surface area contributed by atoms with E-state index < -0.39 is 0 Å². The molecule has 3 aromatic rings. The first kappa shape index (κ1) is 12.3. The summed E-state index contributed by atoms with van der Waals surface area (Å²) in [5.41, 5.74) is 2.47. The Balaban J connectivity index is 2.16. The van der Waals surface area contributed by atoms with Gasteiger partial charge in [-0.05, 0) is 48.6 Å². The van der Waals surface area contributed by atoms with Crippen LogP contribution in [-0.2, 0) is 0 Å². The maximum Gasteiger partial charge on any atom is 0.200 e. The summed E-state index contributed by atoms with van der Waals surface area (Å²) in [5, 5.41) is 15.9. The van der Waals surface area contributed by atoms with Crippen molar-refractivity contribution >= 4 is 12.2 Å². The number of rotatable bonds is 2. The van der Waals surface area contributed by atoms with Crippen molar-refractivity contribution in [2.24, 2.45) is 0 Å². The summed E-state index contributed by atoms with van der Waals surface area (Å²) in [4.78, 5) is 0. The molecule has 0 radical (unpaired) electrons. The molecule has 1 N–H and O–H groups in total. The van der Waals surface area contributed by atoms with Gasteiger partial charge in [0.1, 0.15) is 0 Å². The zero-order valence-corrected chi connectivity index (χ0v) is 11.3. The van der Waals surface area contributed by atoms with Crippen molar-refractivity contribution in [2.75, 3.05) is 0 Å². The monoisotopic (exact) mass is 278 g/mol. The summed E-state index contributed by atoms with van der Waals surface area (Å²) >= 11 is 5.30. The predicted molar refractivity (Wildman–Crippen MR) is 78.9 cm³/mol. The van der Waals surface area contributed by atoms with Crippen LogP contribution < -0.4 is 0 Å². The lowest BCUT2D eigenvalue weighted by atomic mass is 10.1. The van der Waals surface area contributed by atoms with E-state index in [4.69, 9.17) is 17.5 Å². The number of H-pyrrole nitrogens is 1. The number of aromatic amines is 1. The van der Waals surface area contributed by atoms with Crippen LogP contribution in [0, 0.1) is 16.1 Å². The maximum atomic E-state index is 8.84. The van der Waals surface area contributed by atoms with Crippen LogP contribution in [0.3, 0.4) is 0 Å². The van der Waals surface area contributed by atoms with Gasteiger partial charge in [0.2, 0.25) is 0 Å². The molecule has 96 valence electrons. The number of hydrogen-bond acceptors (Lipinski definition) is 3. The van der Waals surface area contributed by atoms with Gasteiger partial charge in [-0.2, -0.15) is 10.4 Å². The van der Waals surface area contributed by atoms with Gasteiger partial charge in [0.05, 0.1) is 11.6 Å². The zero-order valence-electron chi connectivity index (χ0n) is 10.4. The molecule has 0 spiro atoms. The lowest BCUT2D eigenvalue weighted by molar-refractivity contribution is 1.04. The Bertz CT molecular complexity index is 823. The van der Waals surface area contributed by atoms with Crippen molar-refractivity contribution in [3.05, 3.63) is 64.9 Å². The van der Waals surface area contributed by atoms with Gasteiger partial charge in [-0.25, -0.2) is 0 Å². The molecule has 1 heterocycles. The lowest BCUT2D eigenvalue weighted by Gasteiger charge is -2.06. The molecule has 0 atom stereocenters. The molecule has 0 aliphatic carbocycles. The van der Waals surface area contributed by atoms with Crippen LogP contribution in [-0.4, -0.2) is 14.8 Å². The molecule has 0 aliphatic heterocycles. The predicted octanol–water partition coefficient (Wildman–Crippen LogP) is 3.47. The number of nitrogens with zero attached hydrogens (tertiary/aromatic N) is 3. The van der Waals surface area contributed by atoms with Crippen molar-refractivity contribution in [2.45, 2.75) is 0 Å². The van der Waals surface area contributed by atoms with Crippen molar-refractivity contribution in [3.63, 3.8) is 0 Å². The molecule has 5 heteroatoms. The summed E-state index contributed by atoms with van der Waals surface area (Å²) in [6.07, 6.45) is 0. The lowest BCUT2D eigenvalue weighted by Crippen LogP contribution is -1.97. The molecular formula is C15H10N4S. The number of nitrogens with one attached hydrogen (secondary N) is 1. The van der Waals surface area contributed by atoms with E-state index >= 15 is 0 Å². The smallest absolute Gasteiger partial charge is 0.200 e. The fourth-order valence-corrected chi connectivity index (χ4v) is 2.24. The average Bonchev–Trinajstić information content (AvgIpc) is 2.90. The molecule has 0 fully saturated rings. The average molecular weight is 278 g/mol. The summed E-state index contributed by atoms with van der Waals surface area (Å²) in [5.74, 6) is 0.727. The van der Waals surface area contributed by atoms with Gasteiger partial charge in [-0.1, -0.05) is 18.2 Å². The van der Waals surface area contributed by atoms with Crippen molar-refractivity contribution in [1.29, 1.82) is 5.26 Å². The van der Waals surface area contributed by atoms with E-state index in [1.807, 2.05) is 47.0 Å². The molecule has 0 bridgehead atoms. The normalized spacial score (nSPS) is 10.2. The molecule has 0 unspecified atom stereocenters. The van der Waals surface area contributed by atoms with E-state index in [0.717, 1.165) is 17.1 Å². The second-order valence-electron chi connectivity index (χ2n) is 4.21. The topological polar surface area (TPSA) is 57.4 Å². The van der Waals surface area contributed by atoms with Gasteiger partial charge in [-0.15, -0.1) is 0 Å². The van der Waals surface area contributed by atoms with Crippen LogP contribution in [0.15, 0.2) is 54.6 Å². The van der Waals surface area contributed by atoms with Crippen molar-refractivity contribution < 1.29 is 0 Å². The molecule has 0 saturated carbocycles. The number of para-hydroxylation sites is 1. The highest BCUT2D eigenvalue weighted by Gasteiger charge is 2.10. The van der Waals surface area contributed by atoms with Gasteiger partial charge >= 0.3 is 0 Å². The van der Waals surface area contributed by atoms with Gasteiger partial charge < -0.3 is 0 Å². The Kier molecular flexibility index (Phi) is 3.15. The molecule has 1 aromatic heterocycles. The van der Waals surface area contributed by atoms with Gasteiger partial charge in [0.15, 0.2) is 10.6 Å². The third-order valence-corrected chi connectivity index (χ3v) is 3.23. The number of hydrogen-bond donors (Lipinski definition) is 1. The van der Waals surface area contributed by atoms with Gasteiger partial charge in [0.25, 0.3) is 0 Å². The van der Waals surface area contributed by atoms with E-state index in [9.17, 15) is 0 Å². The van der Waals surface area contributed by atoms with Crippen LogP contribution in [0.1, 0.15) is 5.56 Å². The zero-order chi connectivity index (χ0) is 13.9. The highest BCUT2D eigenvalue weighted by atomic mass is 32.1. The van der Waals surface area contributed by atoms with Crippen molar-refractivity contribution in [3.8, 4) is 23.1 Å². The summed E-state index contributed by atoms with van der Waals surface area (Å²) in [7, 11) is 0. The Morgan fingerprint density at radius 3 is 2.40 bits per heavy atom. The summed E-state index contributed by atoms with van der Waals surface area (Å²) in [6, 6.07) is 19.2. The maximum absolute atomic E-state index is 8.84. The van der Waals surface area contributed by atoms with Crippen LogP contribution in [0.5, 0.6) is 0 Å². The van der Waals surface area contributed by atoms with Crippen LogP contribution >= 0.6 is 12.2 Å². The van der Waals surface area contributed by atoms with E-state index in [1.165, 1.54) is 0 Å². The highest BCUT2D eigenvalue weighted by Crippen LogP contribution is 2.21. The Morgan fingerprint density at radius 2 is 1.75 bits per heavy atom. The van der Waals surface area contributed by atoms with Gasteiger partial charge in [0, 0.05) is 11.3 Å². The number of benzene rings is 2. The summed E-state index contributed by atoms with van der Waals surface area (Å²) < 4.78 is 2.41. The Morgan fingerprint density at radius 1 is 1.05 bits per heavy atom. The molecular weight excluding hydrogens is 268 g/mol. The molecule has 3 rings (SSSR count). The first-order valence-electron chi connectivity index (χ1n) is 6.03. The highest BCUT2D eigenvalue weighted by molar-refractivity contribution is 7.71. The first-order valence-corrected chi connectivity index (χ1v) is 6.44. The fourth-order valence-electron chi connectivity index (χ4n) is 2.00. The Hall–Kier alpha value is -2.71. The standard InChI is InChI=1S/C15H10N4S/c16-10-11-6-8-12(9-7-11)14-17-18-15(20)19(14)13-4-2-1-3-5-13/h1-9H,(H,18,20). The van der Waals surface area contributed by atoms with Crippen LogP contribution in [0.2, 0.25) is 0 Å². The minimum Gasteiger partial charge on any atom is -0.268 e. The van der Waals surface area contributed by atoms with E-state index in [0.29, 0.717) is 10.3 Å². The van der Waals surface area contributed by atoms with E-state index in [-0.39, 0.29) is 0 Å². The minimum absolute atomic E-state index is 0.538. The molecule has 0 aliphatic rings. The minimum atomic E-state index is 0.538. The molecule has 0 amide bonds. The van der Waals surface area contributed by atoms with Crippen molar-refractivity contribution in [1.82, 2.24) is 14.8 Å². The SMILES string of the molecule is N#Cc1ccc(-c2n[nH]c(=S)n2-c2ccccc2)cc1. The number of nitriles is 1. The third kappa shape index (κ3) is 2.13. The quantitative estimate of drug-likeness (QED) is 0.730. The molecule has 20 heavy (non-hydrogen) atoms. The third-order valence-electron chi connectivity index (χ3n) is 2.96. The molecule has 0 saturated heterocycles. The molecule has 4 nitrogen and oxygen atoms in total. The largest absolute Gasteiger partial charge is 0.268 e. The van der Waals surface area contributed by atoms with Gasteiger partial charge in [-0.3, -0.25) is 9.67 Å². The van der Waals surface area contributed by atoms with E-state index in [2.05, 4.69) is 16.3 Å². The second-order valence-corrected chi connectivity index (χ2v) is 4.60. The van der Waals surface area contributed by atoms with Crippen LogP contribution in [0.4, 0.5) is 0 Å². The molecule has 2 aromatic carbocycles. The summed E-state index contributed by atoms with van der Waals surface area (Å²) in [6.45, 7) is 0. The van der Waals surface area contributed by atoms with E-state index in [1.54, 1.807) is 12.1 Å². The van der Waals surface area contributed by atoms with Crippen LogP contribution in [0.25, 0.3) is 17.1 Å². The fraction of sp³-hybridized carbons (Fsp3) is 0. The second kappa shape index (κ2) is 5.11. The number of aromatic nitrogens is 3. The Labute approximate surface area is 120 Å². The first-order chi connectivity index (χ1) is 9.79.